The molecule has 0 radical (unpaired) electrons. The fourth-order valence-corrected chi connectivity index (χ4v) is 7.45. The Balaban J connectivity index is 1.94. The fourth-order valence-electron chi connectivity index (χ4n) is 7.45. The zero-order valence-corrected chi connectivity index (χ0v) is 20.8. The Hall–Kier alpha value is -2.03. The van der Waals surface area contributed by atoms with Crippen molar-refractivity contribution in [1.82, 2.24) is 0 Å². The summed E-state index contributed by atoms with van der Waals surface area (Å²) in [7, 11) is 0. The first-order valence-electron chi connectivity index (χ1n) is 12.1. The van der Waals surface area contributed by atoms with Crippen LogP contribution < -0.4 is 0 Å². The molecule has 3 N–H and O–H groups in total. The van der Waals surface area contributed by atoms with Gasteiger partial charge in [-0.25, -0.2) is 0 Å². The van der Waals surface area contributed by atoms with Gasteiger partial charge in [-0.05, 0) is 24.5 Å². The molecule has 2 saturated carbocycles. The Labute approximate surface area is 200 Å². The van der Waals surface area contributed by atoms with E-state index < -0.39 is 69.7 Å². The molecule has 0 saturated heterocycles. The summed E-state index contributed by atoms with van der Waals surface area (Å²) in [5.74, 6) is -4.36. The van der Waals surface area contributed by atoms with Crippen LogP contribution in [0.1, 0.15) is 60.8 Å². The van der Waals surface area contributed by atoms with Crippen LogP contribution in [0.2, 0.25) is 0 Å². The van der Waals surface area contributed by atoms with E-state index in [0.29, 0.717) is 17.6 Å². The monoisotopic (exact) mass is 476 g/mol. The van der Waals surface area contributed by atoms with Crippen LogP contribution >= 0.6 is 0 Å². The van der Waals surface area contributed by atoms with Crippen LogP contribution in [0.15, 0.2) is 23.3 Å². The lowest BCUT2D eigenvalue weighted by atomic mass is 9.59. The molecule has 0 aromatic rings. The highest BCUT2D eigenvalue weighted by atomic mass is 16.6. The number of hydrogen-bond acceptors (Lipinski definition) is 8. The molecule has 8 atom stereocenters. The molecule has 2 fully saturated rings. The number of aliphatic hydroxyl groups excluding tert-OH is 1. The highest BCUT2D eigenvalue weighted by Crippen LogP contribution is 2.77. The summed E-state index contributed by atoms with van der Waals surface area (Å²) in [6.45, 7) is 9.90. The third kappa shape index (κ3) is 2.97. The molecule has 0 bridgehead atoms. The Morgan fingerprint density at radius 3 is 2.41 bits per heavy atom. The summed E-state index contributed by atoms with van der Waals surface area (Å²) in [4.78, 5) is 38.0. The summed E-state index contributed by atoms with van der Waals surface area (Å²) in [6, 6.07) is 0. The minimum atomic E-state index is -1.92. The van der Waals surface area contributed by atoms with Gasteiger partial charge < -0.3 is 24.8 Å². The van der Waals surface area contributed by atoms with E-state index in [4.69, 9.17) is 9.47 Å². The molecule has 0 amide bonds. The van der Waals surface area contributed by atoms with Gasteiger partial charge in [-0.2, -0.15) is 0 Å². The molecular weight excluding hydrogens is 440 g/mol. The van der Waals surface area contributed by atoms with Gasteiger partial charge in [0.15, 0.2) is 11.4 Å². The van der Waals surface area contributed by atoms with Crippen molar-refractivity contribution in [1.29, 1.82) is 0 Å². The molecule has 8 heteroatoms. The minimum absolute atomic E-state index is 0.111. The average molecular weight is 477 g/mol. The maximum Gasteiger partial charge on any atom is 0.306 e. The molecule has 4 rings (SSSR count). The predicted molar refractivity (Wildman–Crippen MR) is 121 cm³/mol. The van der Waals surface area contributed by atoms with Crippen molar-refractivity contribution in [3.63, 3.8) is 0 Å². The normalized spacial score (nSPS) is 44.0. The van der Waals surface area contributed by atoms with E-state index in [2.05, 4.69) is 0 Å². The van der Waals surface area contributed by atoms with Gasteiger partial charge in [-0.1, -0.05) is 39.8 Å². The molecule has 4 aliphatic carbocycles. The van der Waals surface area contributed by atoms with Crippen molar-refractivity contribution >= 4 is 17.7 Å². The standard InChI is InChI=1S/C26H36O8/c1-7-8-19(29)34-26-20(23(26,5)6)17-10-16(12-27)11-24(31)18(9-13(2)21(24)30)25(17,32)14(3)22(26)33-15(4)28/h9-10,14,17-18,20,22,27,31-32H,7-8,11-12H2,1-6H3/t14-,17+,18-,20-,22-,24-,25-,26-/m1/s1. The van der Waals surface area contributed by atoms with Gasteiger partial charge >= 0.3 is 11.9 Å². The van der Waals surface area contributed by atoms with E-state index in [1.807, 2.05) is 20.8 Å². The SMILES string of the molecule is CCCC(=O)O[C@@]12[C@H](OC(C)=O)[C@@H](C)[C@@]3(O)[C@@H](C=C(CO)C[C@]4(O)C(=O)C(C)=C[C@@H]34)[C@@H]1C2(C)C. The number of fused-ring (bicyclic) bond motifs is 5. The lowest BCUT2D eigenvalue weighted by Crippen LogP contribution is -2.66. The van der Waals surface area contributed by atoms with Crippen LogP contribution in [-0.2, 0) is 23.9 Å². The van der Waals surface area contributed by atoms with E-state index in [9.17, 15) is 29.7 Å². The van der Waals surface area contributed by atoms with Crippen molar-refractivity contribution in [3.05, 3.63) is 23.3 Å². The molecule has 0 aromatic heterocycles. The molecule has 0 unspecified atom stereocenters. The van der Waals surface area contributed by atoms with Gasteiger partial charge in [-0.15, -0.1) is 0 Å². The second kappa shape index (κ2) is 7.73. The first-order valence-corrected chi connectivity index (χ1v) is 12.1. The first kappa shape index (κ1) is 25.1. The average Bonchev–Trinajstić information content (AvgIpc) is 3.17. The topological polar surface area (TPSA) is 130 Å². The van der Waals surface area contributed by atoms with E-state index >= 15 is 0 Å². The van der Waals surface area contributed by atoms with Gasteiger partial charge in [0.2, 0.25) is 0 Å². The largest absolute Gasteiger partial charge is 0.458 e. The number of esters is 2. The zero-order valence-electron chi connectivity index (χ0n) is 20.8. The van der Waals surface area contributed by atoms with E-state index in [1.165, 1.54) is 6.92 Å². The van der Waals surface area contributed by atoms with Gasteiger partial charge in [0.1, 0.15) is 11.7 Å². The molecule has 4 aliphatic rings. The highest BCUT2D eigenvalue weighted by molar-refractivity contribution is 6.04. The number of carbonyl (C=O) groups excluding carboxylic acids is 3. The maximum absolute atomic E-state index is 13.1. The smallest absolute Gasteiger partial charge is 0.306 e. The molecule has 0 spiro atoms. The lowest BCUT2D eigenvalue weighted by Gasteiger charge is -2.53. The minimum Gasteiger partial charge on any atom is -0.458 e. The van der Waals surface area contributed by atoms with Crippen LogP contribution in [0.25, 0.3) is 0 Å². The zero-order chi connectivity index (χ0) is 25.4. The van der Waals surface area contributed by atoms with Crippen LogP contribution in [0, 0.1) is 29.1 Å². The molecule has 0 aromatic carbocycles. The summed E-state index contributed by atoms with van der Waals surface area (Å²) in [5.41, 5.74) is -4.69. The Bertz CT molecular complexity index is 995. The van der Waals surface area contributed by atoms with Crippen molar-refractivity contribution in [2.75, 3.05) is 6.61 Å². The van der Waals surface area contributed by atoms with Gasteiger partial charge in [0.25, 0.3) is 0 Å². The quantitative estimate of drug-likeness (QED) is 0.405. The van der Waals surface area contributed by atoms with Crippen LogP contribution in [-0.4, -0.2) is 62.6 Å². The molecular formula is C26H36O8. The van der Waals surface area contributed by atoms with Gasteiger partial charge in [0, 0.05) is 48.9 Å². The van der Waals surface area contributed by atoms with Crippen LogP contribution in [0.3, 0.4) is 0 Å². The number of ketones is 1. The fraction of sp³-hybridized carbons (Fsp3) is 0.731. The Morgan fingerprint density at radius 1 is 1.21 bits per heavy atom. The van der Waals surface area contributed by atoms with Crippen molar-refractivity contribution in [2.45, 2.75) is 83.7 Å². The van der Waals surface area contributed by atoms with Crippen molar-refractivity contribution in [3.8, 4) is 0 Å². The van der Waals surface area contributed by atoms with E-state index in [1.54, 1.807) is 26.0 Å². The highest BCUT2D eigenvalue weighted by Gasteiger charge is 2.87. The summed E-state index contributed by atoms with van der Waals surface area (Å²) >= 11 is 0. The molecule has 188 valence electrons. The molecule has 8 nitrogen and oxygen atoms in total. The van der Waals surface area contributed by atoms with Gasteiger partial charge in [-0.3, -0.25) is 14.4 Å². The van der Waals surface area contributed by atoms with Crippen molar-refractivity contribution < 1.29 is 39.2 Å². The third-order valence-electron chi connectivity index (χ3n) is 8.99. The summed E-state index contributed by atoms with van der Waals surface area (Å²) < 4.78 is 11.9. The number of aliphatic hydroxyl groups is 3. The maximum atomic E-state index is 13.1. The van der Waals surface area contributed by atoms with Crippen molar-refractivity contribution in [2.24, 2.45) is 29.1 Å². The Kier molecular flexibility index (Phi) is 5.70. The van der Waals surface area contributed by atoms with Crippen LogP contribution in [0.4, 0.5) is 0 Å². The molecule has 34 heavy (non-hydrogen) atoms. The second-order valence-corrected chi connectivity index (χ2v) is 11.2. The molecule has 0 aliphatic heterocycles. The third-order valence-corrected chi connectivity index (χ3v) is 8.99. The number of Topliss-reactive ketones (excluding diaryl/α,β-unsaturated/α-hetero) is 1. The van der Waals surface area contributed by atoms with Crippen LogP contribution in [0.5, 0.6) is 0 Å². The lowest BCUT2D eigenvalue weighted by molar-refractivity contribution is -0.228. The summed E-state index contributed by atoms with van der Waals surface area (Å²) in [6.07, 6.45) is 3.06. The number of rotatable bonds is 5. The van der Waals surface area contributed by atoms with E-state index in [0.717, 1.165) is 0 Å². The summed E-state index contributed by atoms with van der Waals surface area (Å²) in [5, 5.41) is 34.2. The Morgan fingerprint density at radius 2 is 1.85 bits per heavy atom. The number of hydrogen-bond donors (Lipinski definition) is 3. The molecule has 0 heterocycles. The second-order valence-electron chi connectivity index (χ2n) is 11.2. The number of ether oxygens (including phenoxy) is 2. The number of carbonyl (C=O) groups is 3. The van der Waals surface area contributed by atoms with Gasteiger partial charge in [0.05, 0.1) is 12.2 Å². The van der Waals surface area contributed by atoms with E-state index in [-0.39, 0.29) is 19.4 Å². The first-order chi connectivity index (χ1) is 15.7. The predicted octanol–water partition coefficient (Wildman–Crippen LogP) is 1.85.